The Hall–Kier alpha value is -0.590. The number of piperidine rings is 1. The maximum absolute atomic E-state index is 9.37. The zero-order valence-electron chi connectivity index (χ0n) is 13.3. The van der Waals surface area contributed by atoms with E-state index < -0.39 is 0 Å². The zero-order valence-corrected chi connectivity index (χ0v) is 13.3. The van der Waals surface area contributed by atoms with Gasteiger partial charge in [0.05, 0.1) is 6.07 Å². The molecule has 0 amide bonds. The minimum Gasteiger partial charge on any atom is -0.302 e. The van der Waals surface area contributed by atoms with Gasteiger partial charge in [0, 0.05) is 6.04 Å². The van der Waals surface area contributed by atoms with Crippen LogP contribution in [0.5, 0.6) is 0 Å². The summed E-state index contributed by atoms with van der Waals surface area (Å²) in [6, 6.07) is 3.33. The molecule has 3 nitrogen and oxygen atoms in total. The van der Waals surface area contributed by atoms with Crippen LogP contribution in [0.25, 0.3) is 0 Å². The Morgan fingerprint density at radius 1 is 1.25 bits per heavy atom. The summed E-state index contributed by atoms with van der Waals surface area (Å²) in [6.07, 6.45) is 11.6. The first-order chi connectivity index (χ1) is 9.74. The van der Waals surface area contributed by atoms with Gasteiger partial charge in [0.2, 0.25) is 0 Å². The fourth-order valence-corrected chi connectivity index (χ4v) is 4.26. The first-order valence-electron chi connectivity index (χ1n) is 8.59. The Bertz CT molecular complexity index is 328. The molecule has 2 fully saturated rings. The van der Waals surface area contributed by atoms with Crippen molar-refractivity contribution in [3.8, 4) is 6.07 Å². The van der Waals surface area contributed by atoms with Crippen molar-refractivity contribution in [2.24, 2.45) is 5.92 Å². The van der Waals surface area contributed by atoms with Crippen LogP contribution < -0.4 is 5.32 Å². The standard InChI is InChI=1S/C17H31N3/c1-3-17(14-18,19-2)11-7-13-20-12-6-9-15-8-4-5-10-16(15)20/h15-16,19H,3-13H2,1-2H3. The third kappa shape index (κ3) is 3.54. The summed E-state index contributed by atoms with van der Waals surface area (Å²) in [4.78, 5) is 2.74. The molecule has 20 heavy (non-hydrogen) atoms. The topological polar surface area (TPSA) is 39.1 Å². The Kier molecular flexibility index (Phi) is 5.86. The second kappa shape index (κ2) is 7.43. The molecule has 3 atom stereocenters. The number of nitrogens with zero attached hydrogens (tertiary/aromatic N) is 2. The van der Waals surface area contributed by atoms with E-state index in [1.54, 1.807) is 0 Å². The normalized spacial score (nSPS) is 30.2. The maximum Gasteiger partial charge on any atom is 0.106 e. The van der Waals surface area contributed by atoms with E-state index in [0.29, 0.717) is 0 Å². The summed E-state index contributed by atoms with van der Waals surface area (Å²) in [5.41, 5.74) is -0.304. The summed E-state index contributed by atoms with van der Waals surface area (Å²) in [7, 11) is 1.92. The number of rotatable bonds is 6. The molecule has 0 spiro atoms. The van der Waals surface area contributed by atoms with Crippen LogP contribution >= 0.6 is 0 Å². The summed E-state index contributed by atoms with van der Waals surface area (Å²) < 4.78 is 0. The summed E-state index contributed by atoms with van der Waals surface area (Å²) >= 11 is 0. The van der Waals surface area contributed by atoms with E-state index in [2.05, 4.69) is 23.2 Å². The molecule has 3 heteroatoms. The number of nitriles is 1. The highest BCUT2D eigenvalue weighted by Crippen LogP contribution is 2.35. The van der Waals surface area contributed by atoms with E-state index in [4.69, 9.17) is 0 Å². The first-order valence-corrected chi connectivity index (χ1v) is 8.59. The molecule has 0 aromatic rings. The molecule has 1 N–H and O–H groups in total. The largest absolute Gasteiger partial charge is 0.302 e. The van der Waals surface area contributed by atoms with Crippen LogP contribution in [0, 0.1) is 17.2 Å². The monoisotopic (exact) mass is 277 g/mol. The van der Waals surface area contributed by atoms with Crippen molar-refractivity contribution in [3.63, 3.8) is 0 Å². The molecule has 1 saturated carbocycles. The molecule has 2 aliphatic rings. The average molecular weight is 277 g/mol. The molecule has 1 saturated heterocycles. The van der Waals surface area contributed by atoms with Crippen LogP contribution in [0.3, 0.4) is 0 Å². The predicted octanol–water partition coefficient (Wildman–Crippen LogP) is 3.31. The van der Waals surface area contributed by atoms with E-state index in [1.165, 1.54) is 51.6 Å². The molecule has 1 aliphatic carbocycles. The van der Waals surface area contributed by atoms with E-state index >= 15 is 0 Å². The molecule has 0 aromatic heterocycles. The van der Waals surface area contributed by atoms with E-state index in [0.717, 1.165) is 31.2 Å². The predicted molar refractivity (Wildman–Crippen MR) is 83.5 cm³/mol. The van der Waals surface area contributed by atoms with Crippen molar-refractivity contribution < 1.29 is 0 Å². The maximum atomic E-state index is 9.37. The van der Waals surface area contributed by atoms with Crippen LogP contribution in [0.1, 0.15) is 64.7 Å². The third-order valence-corrected chi connectivity index (χ3v) is 5.70. The number of nitrogens with one attached hydrogen (secondary N) is 1. The lowest BCUT2D eigenvalue weighted by Gasteiger charge is -2.44. The Balaban J connectivity index is 1.82. The van der Waals surface area contributed by atoms with Gasteiger partial charge in [-0.3, -0.25) is 0 Å². The first kappa shape index (κ1) is 15.8. The molecular weight excluding hydrogens is 246 g/mol. The van der Waals surface area contributed by atoms with Gasteiger partial charge in [0.1, 0.15) is 5.54 Å². The van der Waals surface area contributed by atoms with Crippen LogP contribution in [0.2, 0.25) is 0 Å². The minimum atomic E-state index is -0.304. The molecular formula is C17H31N3. The molecule has 1 aliphatic heterocycles. The average Bonchev–Trinajstić information content (AvgIpc) is 2.52. The number of fused-ring (bicyclic) bond motifs is 1. The van der Waals surface area contributed by atoms with Gasteiger partial charge in [-0.1, -0.05) is 19.8 Å². The van der Waals surface area contributed by atoms with Crippen molar-refractivity contribution in [2.45, 2.75) is 76.3 Å². The van der Waals surface area contributed by atoms with Crippen molar-refractivity contribution in [2.75, 3.05) is 20.1 Å². The van der Waals surface area contributed by atoms with E-state index in [9.17, 15) is 5.26 Å². The van der Waals surface area contributed by atoms with Crippen LogP contribution in [-0.2, 0) is 0 Å². The quantitative estimate of drug-likeness (QED) is 0.809. The van der Waals surface area contributed by atoms with Gasteiger partial charge in [-0.25, -0.2) is 0 Å². The smallest absolute Gasteiger partial charge is 0.106 e. The molecule has 1 heterocycles. The molecule has 114 valence electrons. The molecule has 0 bridgehead atoms. The summed E-state index contributed by atoms with van der Waals surface area (Å²) in [6.45, 7) is 4.58. The van der Waals surface area contributed by atoms with Gasteiger partial charge in [-0.05, 0) is 71.0 Å². The Morgan fingerprint density at radius 2 is 2.00 bits per heavy atom. The van der Waals surface area contributed by atoms with Gasteiger partial charge in [-0.2, -0.15) is 5.26 Å². The second-order valence-electron chi connectivity index (χ2n) is 6.69. The lowest BCUT2D eigenvalue weighted by atomic mass is 9.78. The highest BCUT2D eigenvalue weighted by Gasteiger charge is 2.33. The van der Waals surface area contributed by atoms with Gasteiger partial charge in [-0.15, -0.1) is 0 Å². The van der Waals surface area contributed by atoms with Crippen molar-refractivity contribution in [1.29, 1.82) is 5.26 Å². The van der Waals surface area contributed by atoms with Gasteiger partial charge < -0.3 is 10.2 Å². The summed E-state index contributed by atoms with van der Waals surface area (Å²) in [5.74, 6) is 0.966. The molecule has 2 rings (SSSR count). The summed E-state index contributed by atoms with van der Waals surface area (Å²) in [5, 5.41) is 12.6. The fourth-order valence-electron chi connectivity index (χ4n) is 4.26. The number of likely N-dealkylation sites (tertiary alicyclic amines) is 1. The highest BCUT2D eigenvalue weighted by atomic mass is 15.2. The van der Waals surface area contributed by atoms with Crippen LogP contribution in [0.4, 0.5) is 0 Å². The van der Waals surface area contributed by atoms with Gasteiger partial charge >= 0.3 is 0 Å². The van der Waals surface area contributed by atoms with Gasteiger partial charge in [0.25, 0.3) is 0 Å². The molecule has 0 radical (unpaired) electrons. The lowest BCUT2D eigenvalue weighted by molar-refractivity contribution is 0.0583. The van der Waals surface area contributed by atoms with Crippen molar-refractivity contribution in [3.05, 3.63) is 0 Å². The fraction of sp³-hybridized carbons (Fsp3) is 0.941. The highest BCUT2D eigenvalue weighted by molar-refractivity contribution is 5.05. The second-order valence-corrected chi connectivity index (χ2v) is 6.69. The number of hydrogen-bond acceptors (Lipinski definition) is 3. The van der Waals surface area contributed by atoms with Crippen molar-refractivity contribution in [1.82, 2.24) is 10.2 Å². The Morgan fingerprint density at radius 3 is 2.70 bits per heavy atom. The minimum absolute atomic E-state index is 0.304. The van der Waals surface area contributed by atoms with Gasteiger partial charge in [0.15, 0.2) is 0 Å². The third-order valence-electron chi connectivity index (χ3n) is 5.70. The number of hydrogen-bond donors (Lipinski definition) is 1. The van der Waals surface area contributed by atoms with E-state index in [-0.39, 0.29) is 5.54 Å². The molecule has 0 aromatic carbocycles. The Labute approximate surface area is 124 Å². The van der Waals surface area contributed by atoms with Crippen LogP contribution in [0.15, 0.2) is 0 Å². The lowest BCUT2D eigenvalue weighted by Crippen LogP contribution is -2.48. The molecule has 3 unspecified atom stereocenters. The van der Waals surface area contributed by atoms with Crippen LogP contribution in [-0.4, -0.2) is 36.6 Å². The van der Waals surface area contributed by atoms with E-state index in [1.807, 2.05) is 7.05 Å². The SMILES string of the molecule is CCC(C#N)(CCCN1CCCC2CCCCC21)NC. The van der Waals surface area contributed by atoms with Crippen molar-refractivity contribution >= 4 is 0 Å². The zero-order chi connectivity index (χ0) is 14.4.